The van der Waals surface area contributed by atoms with Gasteiger partial charge in [-0.2, -0.15) is 11.8 Å². The summed E-state index contributed by atoms with van der Waals surface area (Å²) in [4.78, 5) is 26.8. The third-order valence-electron chi connectivity index (χ3n) is 3.76. The van der Waals surface area contributed by atoms with Crippen LogP contribution in [0.1, 0.15) is 48.0 Å². The van der Waals surface area contributed by atoms with E-state index in [1.165, 1.54) is 0 Å². The molecule has 2 unspecified atom stereocenters. The molecule has 20 heavy (non-hydrogen) atoms. The predicted octanol–water partition coefficient (Wildman–Crippen LogP) is 2.28. The van der Waals surface area contributed by atoms with Crippen molar-refractivity contribution in [3.05, 3.63) is 0 Å². The van der Waals surface area contributed by atoms with Crippen molar-refractivity contribution in [2.24, 2.45) is 5.92 Å². The number of carbonyl (C=O) groups excluding carboxylic acids is 2. The first-order chi connectivity index (χ1) is 9.22. The van der Waals surface area contributed by atoms with Gasteiger partial charge < -0.3 is 10.2 Å². The first kappa shape index (κ1) is 17.3. The highest BCUT2D eigenvalue weighted by Crippen LogP contribution is 2.26. The van der Waals surface area contributed by atoms with Crippen LogP contribution in [-0.2, 0) is 9.59 Å². The van der Waals surface area contributed by atoms with Crippen LogP contribution in [0.3, 0.4) is 0 Å². The molecule has 1 fully saturated rings. The van der Waals surface area contributed by atoms with Gasteiger partial charge in [-0.15, -0.1) is 0 Å². The van der Waals surface area contributed by atoms with E-state index in [0.717, 1.165) is 17.9 Å². The summed E-state index contributed by atoms with van der Waals surface area (Å²) in [7, 11) is 0. The summed E-state index contributed by atoms with van der Waals surface area (Å²) in [5.41, 5.74) is -0.797. The van der Waals surface area contributed by atoms with Gasteiger partial charge in [0.05, 0.1) is 0 Å². The van der Waals surface area contributed by atoms with E-state index in [1.54, 1.807) is 13.8 Å². The molecule has 1 heterocycles. The maximum atomic E-state index is 12.7. The van der Waals surface area contributed by atoms with Crippen LogP contribution in [0.4, 0.5) is 0 Å². The molecule has 0 saturated carbocycles. The Kier molecular flexibility index (Phi) is 5.92. The molecule has 0 aliphatic carbocycles. The van der Waals surface area contributed by atoms with Gasteiger partial charge in [-0.3, -0.25) is 9.59 Å². The molecule has 0 aromatic carbocycles. The maximum absolute atomic E-state index is 12.7. The molecule has 0 radical (unpaired) electrons. The van der Waals surface area contributed by atoms with Gasteiger partial charge in [-0.25, -0.2) is 0 Å². The van der Waals surface area contributed by atoms with E-state index < -0.39 is 5.54 Å². The average molecular weight is 300 g/mol. The number of piperazine rings is 1. The first-order valence-corrected chi connectivity index (χ1v) is 8.60. The van der Waals surface area contributed by atoms with Gasteiger partial charge in [0.15, 0.2) is 0 Å². The second kappa shape index (κ2) is 6.83. The molecule has 5 heteroatoms. The second-order valence-electron chi connectivity index (χ2n) is 6.35. The molecule has 1 rings (SSSR count). The van der Waals surface area contributed by atoms with Gasteiger partial charge in [-0.05, 0) is 44.6 Å². The zero-order valence-corrected chi connectivity index (χ0v) is 14.3. The van der Waals surface area contributed by atoms with Gasteiger partial charge >= 0.3 is 0 Å². The second-order valence-corrected chi connectivity index (χ2v) is 7.74. The minimum absolute atomic E-state index is 0.0282. The monoisotopic (exact) mass is 300 g/mol. The van der Waals surface area contributed by atoms with Crippen molar-refractivity contribution in [1.82, 2.24) is 10.2 Å². The highest BCUT2D eigenvalue weighted by atomic mass is 32.2. The van der Waals surface area contributed by atoms with Crippen molar-refractivity contribution in [2.75, 3.05) is 11.5 Å². The molecule has 116 valence electrons. The van der Waals surface area contributed by atoms with E-state index in [9.17, 15) is 9.59 Å². The van der Waals surface area contributed by atoms with Crippen molar-refractivity contribution in [3.8, 4) is 0 Å². The van der Waals surface area contributed by atoms with E-state index in [2.05, 4.69) is 19.2 Å². The van der Waals surface area contributed by atoms with Crippen molar-refractivity contribution in [1.29, 1.82) is 0 Å². The van der Waals surface area contributed by atoms with Gasteiger partial charge in [0.2, 0.25) is 11.8 Å². The molecule has 1 saturated heterocycles. The lowest BCUT2D eigenvalue weighted by molar-refractivity contribution is -0.158. The predicted molar refractivity (Wildman–Crippen MR) is 84.8 cm³/mol. The third kappa shape index (κ3) is 3.68. The maximum Gasteiger partial charge on any atom is 0.248 e. The van der Waals surface area contributed by atoms with Crippen LogP contribution >= 0.6 is 11.8 Å². The zero-order chi connectivity index (χ0) is 15.5. The highest BCUT2D eigenvalue weighted by molar-refractivity contribution is 7.99. The Bertz CT molecular complexity index is 369. The number of nitrogens with zero attached hydrogens (tertiary/aromatic N) is 1. The molecular formula is C15H28N2O2S. The van der Waals surface area contributed by atoms with Crippen LogP contribution in [0, 0.1) is 5.92 Å². The van der Waals surface area contributed by atoms with Crippen LogP contribution in [0.5, 0.6) is 0 Å². The van der Waals surface area contributed by atoms with Crippen molar-refractivity contribution >= 4 is 23.6 Å². The number of rotatable bonds is 6. The first-order valence-electron chi connectivity index (χ1n) is 7.45. The standard InChI is InChI=1S/C15H28N2O2S/c1-7-20-9-8-11(4)17-12(10(2)3)13(18)16-15(5,6)14(17)19/h10-12H,7-9H2,1-6H3,(H,16,18). The smallest absolute Gasteiger partial charge is 0.248 e. The molecule has 1 aliphatic heterocycles. The van der Waals surface area contributed by atoms with Gasteiger partial charge in [-0.1, -0.05) is 20.8 Å². The lowest BCUT2D eigenvalue weighted by atomic mass is 9.90. The molecule has 0 spiro atoms. The summed E-state index contributed by atoms with van der Waals surface area (Å²) in [6.07, 6.45) is 0.927. The van der Waals surface area contributed by atoms with E-state index in [-0.39, 0.29) is 29.8 Å². The number of carbonyl (C=O) groups is 2. The molecule has 4 nitrogen and oxygen atoms in total. The van der Waals surface area contributed by atoms with E-state index >= 15 is 0 Å². The van der Waals surface area contributed by atoms with E-state index in [4.69, 9.17) is 0 Å². The molecule has 1 N–H and O–H groups in total. The van der Waals surface area contributed by atoms with Crippen LogP contribution < -0.4 is 5.32 Å². The quantitative estimate of drug-likeness (QED) is 0.766. The summed E-state index contributed by atoms with van der Waals surface area (Å²) >= 11 is 1.87. The Balaban J connectivity index is 2.94. The minimum atomic E-state index is -0.797. The zero-order valence-electron chi connectivity index (χ0n) is 13.5. The molecule has 0 aromatic heterocycles. The lowest BCUT2D eigenvalue weighted by Gasteiger charge is -2.47. The molecule has 2 atom stereocenters. The van der Waals surface area contributed by atoms with Crippen LogP contribution in [0.25, 0.3) is 0 Å². The summed E-state index contributed by atoms with van der Waals surface area (Å²) in [5.74, 6) is 2.23. The largest absolute Gasteiger partial charge is 0.340 e. The Labute approximate surface area is 127 Å². The molecule has 2 amide bonds. The van der Waals surface area contributed by atoms with E-state index in [1.807, 2.05) is 30.5 Å². The number of nitrogens with one attached hydrogen (secondary N) is 1. The van der Waals surface area contributed by atoms with E-state index in [0.29, 0.717) is 0 Å². The SMILES string of the molecule is CCSCCC(C)N1C(=O)C(C)(C)NC(=O)C1C(C)C. The van der Waals surface area contributed by atoms with Crippen molar-refractivity contribution in [3.63, 3.8) is 0 Å². The van der Waals surface area contributed by atoms with Crippen LogP contribution in [-0.4, -0.2) is 45.8 Å². The molecule has 0 aromatic rings. The lowest BCUT2D eigenvalue weighted by Crippen LogP contribution is -2.70. The Morgan fingerprint density at radius 3 is 2.40 bits per heavy atom. The average Bonchev–Trinajstić information content (AvgIpc) is 2.32. The summed E-state index contributed by atoms with van der Waals surface area (Å²) in [6.45, 7) is 11.7. The fraction of sp³-hybridized carbons (Fsp3) is 0.867. The Morgan fingerprint density at radius 2 is 1.90 bits per heavy atom. The Hall–Kier alpha value is -0.710. The highest BCUT2D eigenvalue weighted by Gasteiger charge is 2.47. The number of thioether (sulfide) groups is 1. The number of hydrogen-bond acceptors (Lipinski definition) is 3. The van der Waals surface area contributed by atoms with Crippen molar-refractivity contribution in [2.45, 2.75) is 65.6 Å². The normalized spacial score (nSPS) is 23.9. The topological polar surface area (TPSA) is 49.4 Å². The molecular weight excluding hydrogens is 272 g/mol. The van der Waals surface area contributed by atoms with Gasteiger partial charge in [0.25, 0.3) is 0 Å². The van der Waals surface area contributed by atoms with Crippen LogP contribution in [0.15, 0.2) is 0 Å². The minimum Gasteiger partial charge on any atom is -0.340 e. The fourth-order valence-electron chi connectivity index (χ4n) is 2.65. The van der Waals surface area contributed by atoms with Crippen molar-refractivity contribution < 1.29 is 9.59 Å². The number of amides is 2. The fourth-order valence-corrected chi connectivity index (χ4v) is 3.44. The van der Waals surface area contributed by atoms with Gasteiger partial charge in [0.1, 0.15) is 11.6 Å². The van der Waals surface area contributed by atoms with Crippen LogP contribution in [0.2, 0.25) is 0 Å². The Morgan fingerprint density at radius 1 is 1.30 bits per heavy atom. The third-order valence-corrected chi connectivity index (χ3v) is 4.70. The molecule has 1 aliphatic rings. The molecule has 0 bridgehead atoms. The summed E-state index contributed by atoms with van der Waals surface area (Å²) in [5, 5.41) is 2.85. The summed E-state index contributed by atoms with van der Waals surface area (Å²) < 4.78 is 0. The summed E-state index contributed by atoms with van der Waals surface area (Å²) in [6, 6.07) is -0.253. The number of hydrogen-bond donors (Lipinski definition) is 1. The van der Waals surface area contributed by atoms with Gasteiger partial charge in [0, 0.05) is 6.04 Å².